The van der Waals surface area contributed by atoms with Crippen molar-refractivity contribution in [2.45, 2.75) is 6.92 Å². The van der Waals surface area contributed by atoms with Gasteiger partial charge in [0, 0.05) is 7.05 Å². The molecule has 1 aromatic carbocycles. The number of halogens is 1. The minimum Gasteiger partial charge on any atom is -0.444 e. The van der Waals surface area contributed by atoms with Gasteiger partial charge in [-0.15, -0.1) is 0 Å². The van der Waals surface area contributed by atoms with Gasteiger partial charge in [0.05, 0.1) is 16.3 Å². The predicted octanol–water partition coefficient (Wildman–Crippen LogP) is 3.27. The zero-order chi connectivity index (χ0) is 10.6. The Kier molecular flexibility index (Phi) is 3.72. The van der Waals surface area contributed by atoms with Crippen molar-refractivity contribution in [1.82, 2.24) is 0 Å². The SMILES string of the molecule is C=C(C)OC(=NC)c1ccccc1Cl. The zero-order valence-electron chi connectivity index (χ0n) is 8.25. The van der Waals surface area contributed by atoms with E-state index in [4.69, 9.17) is 16.3 Å². The second kappa shape index (κ2) is 4.82. The first-order valence-corrected chi connectivity index (χ1v) is 4.58. The molecule has 0 aliphatic carbocycles. The monoisotopic (exact) mass is 209 g/mol. The Morgan fingerprint density at radius 3 is 2.57 bits per heavy atom. The summed E-state index contributed by atoms with van der Waals surface area (Å²) in [6.45, 7) is 5.42. The van der Waals surface area contributed by atoms with E-state index in [0.717, 1.165) is 5.56 Å². The summed E-state index contributed by atoms with van der Waals surface area (Å²) < 4.78 is 5.34. The van der Waals surface area contributed by atoms with Crippen LogP contribution in [0.4, 0.5) is 0 Å². The van der Waals surface area contributed by atoms with Gasteiger partial charge in [0.1, 0.15) is 0 Å². The fourth-order valence-corrected chi connectivity index (χ4v) is 1.24. The van der Waals surface area contributed by atoms with Crippen LogP contribution in [0.15, 0.2) is 41.6 Å². The summed E-state index contributed by atoms with van der Waals surface area (Å²) >= 11 is 5.99. The van der Waals surface area contributed by atoms with Gasteiger partial charge in [0.25, 0.3) is 0 Å². The lowest BCUT2D eigenvalue weighted by molar-refractivity contribution is 0.420. The van der Waals surface area contributed by atoms with Crippen LogP contribution in [-0.2, 0) is 4.74 Å². The van der Waals surface area contributed by atoms with E-state index in [1.54, 1.807) is 20.0 Å². The lowest BCUT2D eigenvalue weighted by atomic mass is 10.2. The maximum atomic E-state index is 5.99. The Labute approximate surface area is 88.9 Å². The summed E-state index contributed by atoms with van der Waals surface area (Å²) in [5, 5.41) is 0.620. The third-order valence-electron chi connectivity index (χ3n) is 1.58. The van der Waals surface area contributed by atoms with Crippen LogP contribution in [0.2, 0.25) is 5.02 Å². The number of hydrogen-bond donors (Lipinski definition) is 0. The topological polar surface area (TPSA) is 21.6 Å². The van der Waals surface area contributed by atoms with Gasteiger partial charge in [-0.3, -0.25) is 4.99 Å². The Balaban J connectivity index is 3.02. The highest BCUT2D eigenvalue weighted by Crippen LogP contribution is 2.17. The number of nitrogens with zero attached hydrogens (tertiary/aromatic N) is 1. The molecular weight excluding hydrogens is 198 g/mol. The van der Waals surface area contributed by atoms with Crippen LogP contribution in [0.25, 0.3) is 0 Å². The summed E-state index contributed by atoms with van der Waals surface area (Å²) in [6, 6.07) is 7.39. The van der Waals surface area contributed by atoms with E-state index in [0.29, 0.717) is 16.7 Å². The van der Waals surface area contributed by atoms with Crippen molar-refractivity contribution >= 4 is 17.5 Å². The molecule has 0 atom stereocenters. The molecule has 1 rings (SSSR count). The Morgan fingerprint density at radius 1 is 1.43 bits per heavy atom. The molecule has 0 amide bonds. The van der Waals surface area contributed by atoms with E-state index in [1.165, 1.54) is 0 Å². The lowest BCUT2D eigenvalue weighted by Crippen LogP contribution is -2.05. The molecule has 0 aromatic heterocycles. The van der Waals surface area contributed by atoms with Gasteiger partial charge >= 0.3 is 0 Å². The van der Waals surface area contributed by atoms with Crippen LogP contribution in [0, 0.1) is 0 Å². The van der Waals surface area contributed by atoms with Crippen molar-refractivity contribution in [2.75, 3.05) is 7.05 Å². The smallest absolute Gasteiger partial charge is 0.222 e. The molecular formula is C11H12ClNO. The molecule has 0 heterocycles. The molecule has 74 valence electrons. The summed E-state index contributed by atoms with van der Waals surface area (Å²) in [6.07, 6.45) is 0. The average molecular weight is 210 g/mol. The highest BCUT2D eigenvalue weighted by Gasteiger charge is 2.07. The van der Waals surface area contributed by atoms with Gasteiger partial charge in [-0.1, -0.05) is 30.3 Å². The van der Waals surface area contributed by atoms with Gasteiger partial charge in [-0.2, -0.15) is 0 Å². The number of benzene rings is 1. The summed E-state index contributed by atoms with van der Waals surface area (Å²) in [5.41, 5.74) is 0.777. The van der Waals surface area contributed by atoms with E-state index >= 15 is 0 Å². The quantitative estimate of drug-likeness (QED) is 0.416. The summed E-state index contributed by atoms with van der Waals surface area (Å²) in [4.78, 5) is 4.01. The van der Waals surface area contributed by atoms with E-state index in [2.05, 4.69) is 11.6 Å². The standard InChI is InChI=1S/C11H12ClNO/c1-8(2)14-11(13-3)9-6-4-5-7-10(9)12/h4-7H,1H2,2-3H3. The first-order chi connectivity index (χ1) is 6.65. The summed E-state index contributed by atoms with van der Waals surface area (Å²) in [5.74, 6) is 1.08. The molecule has 0 aliphatic heterocycles. The van der Waals surface area contributed by atoms with Crippen LogP contribution >= 0.6 is 11.6 Å². The average Bonchev–Trinajstić information content (AvgIpc) is 2.15. The highest BCUT2D eigenvalue weighted by atomic mass is 35.5. The van der Waals surface area contributed by atoms with Crippen molar-refractivity contribution in [3.63, 3.8) is 0 Å². The van der Waals surface area contributed by atoms with Crippen molar-refractivity contribution in [2.24, 2.45) is 4.99 Å². The number of hydrogen-bond acceptors (Lipinski definition) is 2. The Bertz CT molecular complexity index is 371. The molecule has 0 radical (unpaired) electrons. The zero-order valence-corrected chi connectivity index (χ0v) is 9.01. The minimum absolute atomic E-state index is 0.489. The van der Waals surface area contributed by atoms with E-state index in [1.807, 2.05) is 18.2 Å². The maximum Gasteiger partial charge on any atom is 0.222 e. The van der Waals surface area contributed by atoms with Crippen LogP contribution < -0.4 is 0 Å². The fourth-order valence-electron chi connectivity index (χ4n) is 1.02. The van der Waals surface area contributed by atoms with Crippen LogP contribution in [0.3, 0.4) is 0 Å². The molecule has 0 saturated carbocycles. The molecule has 0 fully saturated rings. The molecule has 1 aromatic rings. The second-order valence-electron chi connectivity index (χ2n) is 2.81. The van der Waals surface area contributed by atoms with Crippen LogP contribution in [0.5, 0.6) is 0 Å². The van der Waals surface area contributed by atoms with Gasteiger partial charge in [0.2, 0.25) is 5.90 Å². The highest BCUT2D eigenvalue weighted by molar-refractivity contribution is 6.33. The molecule has 3 heteroatoms. The third kappa shape index (κ3) is 2.60. The van der Waals surface area contributed by atoms with Gasteiger partial charge in [-0.25, -0.2) is 0 Å². The predicted molar refractivity (Wildman–Crippen MR) is 59.8 cm³/mol. The molecule has 2 nitrogen and oxygen atoms in total. The van der Waals surface area contributed by atoms with Crippen molar-refractivity contribution in [3.8, 4) is 0 Å². The normalized spacial score (nSPS) is 11.2. The molecule has 0 N–H and O–H groups in total. The number of aliphatic imine (C=N–C) groups is 1. The van der Waals surface area contributed by atoms with Crippen molar-refractivity contribution in [1.29, 1.82) is 0 Å². The molecule has 0 unspecified atom stereocenters. The molecule has 0 spiro atoms. The largest absolute Gasteiger partial charge is 0.444 e. The van der Waals surface area contributed by atoms with Crippen molar-refractivity contribution in [3.05, 3.63) is 47.2 Å². The molecule has 14 heavy (non-hydrogen) atoms. The minimum atomic E-state index is 0.489. The number of ether oxygens (including phenoxy) is 1. The van der Waals surface area contributed by atoms with E-state index in [9.17, 15) is 0 Å². The molecule has 0 saturated heterocycles. The second-order valence-corrected chi connectivity index (χ2v) is 3.22. The first kappa shape index (κ1) is 10.8. The van der Waals surface area contributed by atoms with E-state index in [-0.39, 0.29) is 0 Å². The Morgan fingerprint density at radius 2 is 2.07 bits per heavy atom. The number of allylic oxidation sites excluding steroid dienone is 1. The molecule has 0 aliphatic rings. The van der Waals surface area contributed by atoms with Crippen LogP contribution in [-0.4, -0.2) is 12.9 Å². The van der Waals surface area contributed by atoms with Gasteiger partial charge < -0.3 is 4.74 Å². The van der Waals surface area contributed by atoms with Gasteiger partial charge in [-0.05, 0) is 19.1 Å². The molecule has 0 bridgehead atoms. The van der Waals surface area contributed by atoms with Crippen molar-refractivity contribution < 1.29 is 4.74 Å². The number of rotatable bonds is 2. The maximum absolute atomic E-state index is 5.99. The Hall–Kier alpha value is -1.28. The van der Waals surface area contributed by atoms with E-state index < -0.39 is 0 Å². The lowest BCUT2D eigenvalue weighted by Gasteiger charge is -2.08. The van der Waals surface area contributed by atoms with Gasteiger partial charge in [0.15, 0.2) is 0 Å². The van der Waals surface area contributed by atoms with Crippen LogP contribution in [0.1, 0.15) is 12.5 Å². The third-order valence-corrected chi connectivity index (χ3v) is 1.91. The fraction of sp³-hybridized carbons (Fsp3) is 0.182. The first-order valence-electron chi connectivity index (χ1n) is 4.20. The summed E-state index contributed by atoms with van der Waals surface area (Å²) in [7, 11) is 1.65.